The highest BCUT2D eigenvalue weighted by molar-refractivity contribution is 4.86. The topological polar surface area (TPSA) is 32.3 Å². The van der Waals surface area contributed by atoms with E-state index in [0.717, 1.165) is 12.8 Å². The number of nitrogens with one attached hydrogen (secondary N) is 1. The number of rotatable bonds is 1. The van der Waals surface area contributed by atoms with E-state index in [1.165, 1.54) is 6.42 Å². The van der Waals surface area contributed by atoms with Gasteiger partial charge in [0.15, 0.2) is 0 Å². The van der Waals surface area contributed by atoms with Crippen molar-refractivity contribution in [3.05, 3.63) is 0 Å². The van der Waals surface area contributed by atoms with E-state index in [0.29, 0.717) is 12.0 Å². The average molecular weight is 157 g/mol. The summed E-state index contributed by atoms with van der Waals surface area (Å²) in [5, 5.41) is 13.3. The van der Waals surface area contributed by atoms with Crippen LogP contribution in [-0.2, 0) is 0 Å². The molecule has 1 unspecified atom stereocenters. The summed E-state index contributed by atoms with van der Waals surface area (Å²) in [4.78, 5) is 0. The van der Waals surface area contributed by atoms with Crippen molar-refractivity contribution in [1.29, 1.82) is 0 Å². The van der Waals surface area contributed by atoms with E-state index >= 15 is 0 Å². The quantitative estimate of drug-likeness (QED) is 0.604. The lowest BCUT2D eigenvalue weighted by Gasteiger charge is -2.40. The highest BCUT2D eigenvalue weighted by atomic mass is 16.3. The third-order valence-electron chi connectivity index (χ3n) is 2.65. The minimum absolute atomic E-state index is 0.310. The van der Waals surface area contributed by atoms with Crippen LogP contribution in [0, 0.1) is 5.92 Å². The van der Waals surface area contributed by atoms with Gasteiger partial charge in [-0.25, -0.2) is 0 Å². The standard InChI is InChI=1S/C9H19NO/c1-7(2)9(11)6-4-5-8(3)10-9/h7-8,10-11H,4-6H2,1-3H3/t8?,9-/m0/s1. The normalized spacial score (nSPS) is 39.5. The predicted octanol–water partition coefficient (Wildman–Crippen LogP) is 1.49. The highest BCUT2D eigenvalue weighted by Crippen LogP contribution is 2.26. The first-order chi connectivity index (χ1) is 5.04. The summed E-state index contributed by atoms with van der Waals surface area (Å²) >= 11 is 0. The Morgan fingerprint density at radius 3 is 2.55 bits per heavy atom. The molecule has 0 saturated carbocycles. The van der Waals surface area contributed by atoms with Crippen molar-refractivity contribution in [2.24, 2.45) is 5.92 Å². The molecule has 1 aliphatic rings. The van der Waals surface area contributed by atoms with E-state index in [4.69, 9.17) is 0 Å². The Bertz CT molecular complexity index is 136. The predicted molar refractivity (Wildman–Crippen MR) is 46.2 cm³/mol. The molecule has 0 spiro atoms. The maximum atomic E-state index is 10.0. The Labute approximate surface area is 69.0 Å². The molecule has 1 fully saturated rings. The lowest BCUT2D eigenvalue weighted by Crippen LogP contribution is -2.55. The average Bonchev–Trinajstić information content (AvgIpc) is 1.86. The Morgan fingerprint density at radius 2 is 2.18 bits per heavy atom. The van der Waals surface area contributed by atoms with Crippen LogP contribution in [0.3, 0.4) is 0 Å². The summed E-state index contributed by atoms with van der Waals surface area (Å²) in [5.41, 5.74) is -0.600. The minimum atomic E-state index is -0.600. The van der Waals surface area contributed by atoms with Crippen LogP contribution in [0.2, 0.25) is 0 Å². The van der Waals surface area contributed by atoms with Crippen LogP contribution in [0.5, 0.6) is 0 Å². The molecule has 2 atom stereocenters. The van der Waals surface area contributed by atoms with Gasteiger partial charge in [-0.2, -0.15) is 0 Å². The Morgan fingerprint density at radius 1 is 1.55 bits per heavy atom. The van der Waals surface area contributed by atoms with Gasteiger partial charge in [-0.15, -0.1) is 0 Å². The zero-order valence-electron chi connectivity index (χ0n) is 7.72. The molecule has 2 nitrogen and oxygen atoms in total. The maximum Gasteiger partial charge on any atom is 0.118 e. The molecular weight excluding hydrogens is 138 g/mol. The lowest BCUT2D eigenvalue weighted by atomic mass is 9.88. The molecule has 11 heavy (non-hydrogen) atoms. The van der Waals surface area contributed by atoms with Crippen molar-refractivity contribution < 1.29 is 5.11 Å². The van der Waals surface area contributed by atoms with Crippen LogP contribution >= 0.6 is 0 Å². The molecule has 1 aliphatic heterocycles. The maximum absolute atomic E-state index is 10.0. The summed E-state index contributed by atoms with van der Waals surface area (Å²) in [7, 11) is 0. The van der Waals surface area contributed by atoms with Crippen LogP contribution < -0.4 is 5.32 Å². The van der Waals surface area contributed by atoms with Gasteiger partial charge in [-0.05, 0) is 32.1 Å². The molecule has 1 heterocycles. The van der Waals surface area contributed by atoms with Gasteiger partial charge in [0.2, 0.25) is 0 Å². The molecule has 2 N–H and O–H groups in total. The summed E-state index contributed by atoms with van der Waals surface area (Å²) in [6, 6.07) is 0.469. The first-order valence-corrected chi connectivity index (χ1v) is 4.54. The first kappa shape index (κ1) is 9.01. The van der Waals surface area contributed by atoms with E-state index in [2.05, 4.69) is 26.1 Å². The van der Waals surface area contributed by atoms with Crippen molar-refractivity contribution in [2.45, 2.75) is 51.8 Å². The summed E-state index contributed by atoms with van der Waals surface area (Å²) in [5.74, 6) is 0.310. The molecule has 2 heteroatoms. The fourth-order valence-electron chi connectivity index (χ4n) is 1.70. The van der Waals surface area contributed by atoms with Gasteiger partial charge in [-0.3, -0.25) is 5.32 Å². The SMILES string of the molecule is CC1CCC[C@](O)(C(C)C)N1. The van der Waals surface area contributed by atoms with Gasteiger partial charge < -0.3 is 5.11 Å². The van der Waals surface area contributed by atoms with E-state index in [9.17, 15) is 5.11 Å². The van der Waals surface area contributed by atoms with Crippen molar-refractivity contribution in [1.82, 2.24) is 5.32 Å². The van der Waals surface area contributed by atoms with Crippen LogP contribution in [0.4, 0.5) is 0 Å². The lowest BCUT2D eigenvalue weighted by molar-refractivity contribution is -0.0697. The third-order valence-corrected chi connectivity index (χ3v) is 2.65. The fourth-order valence-corrected chi connectivity index (χ4v) is 1.70. The van der Waals surface area contributed by atoms with E-state index < -0.39 is 5.72 Å². The van der Waals surface area contributed by atoms with Gasteiger partial charge >= 0.3 is 0 Å². The van der Waals surface area contributed by atoms with Crippen LogP contribution in [-0.4, -0.2) is 16.9 Å². The van der Waals surface area contributed by atoms with Crippen LogP contribution in [0.15, 0.2) is 0 Å². The molecule has 0 radical (unpaired) electrons. The molecule has 0 bridgehead atoms. The Kier molecular flexibility index (Phi) is 2.55. The molecule has 0 aromatic carbocycles. The molecule has 66 valence electrons. The summed E-state index contributed by atoms with van der Waals surface area (Å²) < 4.78 is 0. The van der Waals surface area contributed by atoms with Crippen LogP contribution in [0.1, 0.15) is 40.0 Å². The van der Waals surface area contributed by atoms with Gasteiger partial charge in [0, 0.05) is 6.04 Å². The Hall–Kier alpha value is -0.0800. The third kappa shape index (κ3) is 1.94. The van der Waals surface area contributed by atoms with Gasteiger partial charge in [0.1, 0.15) is 5.72 Å². The zero-order chi connectivity index (χ0) is 8.48. The second-order valence-corrected chi connectivity index (χ2v) is 4.02. The van der Waals surface area contributed by atoms with Gasteiger partial charge in [0.05, 0.1) is 0 Å². The first-order valence-electron chi connectivity index (χ1n) is 4.54. The van der Waals surface area contributed by atoms with Crippen molar-refractivity contribution in [3.63, 3.8) is 0 Å². The smallest absolute Gasteiger partial charge is 0.118 e. The molecule has 1 saturated heterocycles. The monoisotopic (exact) mass is 157 g/mol. The van der Waals surface area contributed by atoms with E-state index in [1.54, 1.807) is 0 Å². The minimum Gasteiger partial charge on any atom is -0.376 e. The van der Waals surface area contributed by atoms with Crippen LogP contribution in [0.25, 0.3) is 0 Å². The molecule has 0 amide bonds. The highest BCUT2D eigenvalue weighted by Gasteiger charge is 2.34. The molecule has 1 rings (SSSR count). The second kappa shape index (κ2) is 3.11. The Balaban J connectivity index is 2.55. The van der Waals surface area contributed by atoms with Crippen molar-refractivity contribution in [2.75, 3.05) is 0 Å². The number of aliphatic hydroxyl groups is 1. The van der Waals surface area contributed by atoms with Crippen molar-refractivity contribution in [3.8, 4) is 0 Å². The summed E-state index contributed by atoms with van der Waals surface area (Å²) in [6.07, 6.45) is 3.23. The van der Waals surface area contributed by atoms with E-state index in [1.807, 2.05) is 0 Å². The van der Waals surface area contributed by atoms with Gasteiger partial charge in [-0.1, -0.05) is 13.8 Å². The summed E-state index contributed by atoms with van der Waals surface area (Å²) in [6.45, 7) is 6.25. The number of hydrogen-bond donors (Lipinski definition) is 2. The zero-order valence-corrected chi connectivity index (χ0v) is 7.72. The fraction of sp³-hybridized carbons (Fsp3) is 1.00. The second-order valence-electron chi connectivity index (χ2n) is 4.02. The largest absolute Gasteiger partial charge is 0.376 e. The van der Waals surface area contributed by atoms with Gasteiger partial charge in [0.25, 0.3) is 0 Å². The number of piperidine rings is 1. The number of hydrogen-bond acceptors (Lipinski definition) is 2. The molecule has 0 aliphatic carbocycles. The van der Waals surface area contributed by atoms with E-state index in [-0.39, 0.29) is 0 Å². The molecular formula is C9H19NO. The molecule has 0 aromatic rings. The molecule has 0 aromatic heterocycles. The van der Waals surface area contributed by atoms with Crippen molar-refractivity contribution >= 4 is 0 Å².